The summed E-state index contributed by atoms with van der Waals surface area (Å²) in [4.78, 5) is 0. The van der Waals surface area contributed by atoms with Crippen molar-refractivity contribution in [3.63, 3.8) is 0 Å². The van der Waals surface area contributed by atoms with Gasteiger partial charge in [-0.1, -0.05) is 77.0 Å². The molecule has 2 atom stereocenters. The van der Waals surface area contributed by atoms with Gasteiger partial charge in [-0.05, 0) is 42.2 Å². The lowest BCUT2D eigenvalue weighted by Crippen LogP contribution is -2.04. The maximum absolute atomic E-state index is 5.68. The van der Waals surface area contributed by atoms with Crippen LogP contribution in [0.5, 0.6) is 0 Å². The minimum atomic E-state index is 0.471. The van der Waals surface area contributed by atoms with E-state index >= 15 is 0 Å². The molecular formula is C21H34O. The number of rotatable bonds is 11. The van der Waals surface area contributed by atoms with Crippen LogP contribution in [0.2, 0.25) is 0 Å². The topological polar surface area (TPSA) is 9.23 Å². The van der Waals surface area contributed by atoms with E-state index in [2.05, 4.69) is 64.1 Å². The van der Waals surface area contributed by atoms with Gasteiger partial charge in [0, 0.05) is 6.61 Å². The summed E-state index contributed by atoms with van der Waals surface area (Å²) < 4.78 is 5.68. The molecule has 0 amide bonds. The standard InChI is InChI=1S/C21H34O/c1-5-7-9-20-12-14-21(15-13-20)19(4)11-10-18(3)17-22-16-8-6-2/h10-15,18-19H,5-9,16-17H2,1-4H3. The Balaban J connectivity index is 2.39. The van der Waals surface area contributed by atoms with Crippen LogP contribution in [-0.2, 0) is 11.2 Å². The zero-order valence-electron chi connectivity index (χ0n) is 15.0. The molecule has 0 radical (unpaired) electrons. The van der Waals surface area contributed by atoms with Gasteiger partial charge in [0.2, 0.25) is 0 Å². The smallest absolute Gasteiger partial charge is 0.0526 e. The molecule has 0 aromatic heterocycles. The van der Waals surface area contributed by atoms with Crippen molar-refractivity contribution in [2.45, 2.75) is 65.7 Å². The Morgan fingerprint density at radius 3 is 2.27 bits per heavy atom. The predicted molar refractivity (Wildman–Crippen MR) is 97.5 cm³/mol. The number of allylic oxidation sites excluding steroid dienone is 1. The lowest BCUT2D eigenvalue weighted by atomic mass is 9.97. The molecule has 0 spiro atoms. The number of ether oxygens (including phenoxy) is 1. The van der Waals surface area contributed by atoms with Crippen molar-refractivity contribution in [3.05, 3.63) is 47.5 Å². The van der Waals surface area contributed by atoms with E-state index in [1.54, 1.807) is 0 Å². The number of hydrogen-bond acceptors (Lipinski definition) is 1. The van der Waals surface area contributed by atoms with E-state index in [4.69, 9.17) is 4.74 Å². The molecule has 2 unspecified atom stereocenters. The van der Waals surface area contributed by atoms with Crippen molar-refractivity contribution in [1.82, 2.24) is 0 Å². The highest BCUT2D eigenvalue weighted by molar-refractivity contribution is 5.27. The average molecular weight is 303 g/mol. The Morgan fingerprint density at radius 1 is 0.955 bits per heavy atom. The van der Waals surface area contributed by atoms with Gasteiger partial charge < -0.3 is 4.74 Å². The molecule has 22 heavy (non-hydrogen) atoms. The quantitative estimate of drug-likeness (QED) is 0.352. The van der Waals surface area contributed by atoms with Crippen LogP contribution in [0, 0.1) is 5.92 Å². The number of hydrogen-bond donors (Lipinski definition) is 0. The Kier molecular flexibility index (Phi) is 9.90. The molecule has 0 aliphatic carbocycles. The maximum atomic E-state index is 5.68. The molecule has 0 N–H and O–H groups in total. The van der Waals surface area contributed by atoms with Crippen LogP contribution in [0.1, 0.15) is 70.4 Å². The van der Waals surface area contributed by atoms with E-state index in [1.165, 1.54) is 36.8 Å². The van der Waals surface area contributed by atoms with Crippen LogP contribution in [0.15, 0.2) is 36.4 Å². The van der Waals surface area contributed by atoms with Crippen molar-refractivity contribution in [2.75, 3.05) is 13.2 Å². The highest BCUT2D eigenvalue weighted by Crippen LogP contribution is 2.19. The summed E-state index contributed by atoms with van der Waals surface area (Å²) in [6.07, 6.45) is 10.7. The van der Waals surface area contributed by atoms with Crippen LogP contribution in [0.25, 0.3) is 0 Å². The Bertz CT molecular complexity index is 404. The fourth-order valence-corrected chi connectivity index (χ4v) is 2.41. The number of benzene rings is 1. The van der Waals surface area contributed by atoms with E-state index in [-0.39, 0.29) is 0 Å². The minimum absolute atomic E-state index is 0.471. The van der Waals surface area contributed by atoms with Crippen molar-refractivity contribution < 1.29 is 4.74 Å². The highest BCUT2D eigenvalue weighted by Gasteiger charge is 2.03. The molecule has 1 nitrogen and oxygen atoms in total. The highest BCUT2D eigenvalue weighted by atomic mass is 16.5. The van der Waals surface area contributed by atoms with Gasteiger partial charge in [-0.3, -0.25) is 0 Å². The van der Waals surface area contributed by atoms with Gasteiger partial charge in [-0.15, -0.1) is 0 Å². The first-order valence-corrected chi connectivity index (χ1v) is 9.02. The second-order valence-electron chi connectivity index (χ2n) is 6.42. The third kappa shape index (κ3) is 7.79. The molecule has 0 aliphatic rings. The van der Waals surface area contributed by atoms with Crippen molar-refractivity contribution >= 4 is 0 Å². The second-order valence-corrected chi connectivity index (χ2v) is 6.42. The average Bonchev–Trinajstić information content (AvgIpc) is 2.55. The lowest BCUT2D eigenvalue weighted by Gasteiger charge is -2.11. The van der Waals surface area contributed by atoms with Gasteiger partial charge in [-0.25, -0.2) is 0 Å². The Morgan fingerprint density at radius 2 is 1.64 bits per heavy atom. The maximum Gasteiger partial charge on any atom is 0.0526 e. The monoisotopic (exact) mass is 302 g/mol. The largest absolute Gasteiger partial charge is 0.381 e. The summed E-state index contributed by atoms with van der Waals surface area (Å²) in [6, 6.07) is 9.13. The lowest BCUT2D eigenvalue weighted by molar-refractivity contribution is 0.114. The zero-order chi connectivity index (χ0) is 16.2. The predicted octanol–water partition coefficient (Wildman–Crippen LogP) is 6.14. The SMILES string of the molecule is CCCCOCC(C)C=CC(C)c1ccc(CCCC)cc1. The molecule has 124 valence electrons. The first-order valence-electron chi connectivity index (χ1n) is 9.02. The van der Waals surface area contributed by atoms with E-state index < -0.39 is 0 Å². The van der Waals surface area contributed by atoms with Gasteiger partial charge in [0.15, 0.2) is 0 Å². The van der Waals surface area contributed by atoms with E-state index in [0.717, 1.165) is 19.6 Å². The van der Waals surface area contributed by atoms with E-state index in [1.807, 2.05) is 0 Å². The van der Waals surface area contributed by atoms with Gasteiger partial charge in [0.1, 0.15) is 0 Å². The molecule has 0 bridgehead atoms. The van der Waals surface area contributed by atoms with Gasteiger partial charge >= 0.3 is 0 Å². The molecule has 1 rings (SSSR count). The van der Waals surface area contributed by atoms with Crippen LogP contribution in [0.4, 0.5) is 0 Å². The van der Waals surface area contributed by atoms with Crippen LogP contribution in [0.3, 0.4) is 0 Å². The summed E-state index contributed by atoms with van der Waals surface area (Å²) in [5, 5.41) is 0. The number of aryl methyl sites for hydroxylation is 1. The molecule has 0 fully saturated rings. The molecule has 0 saturated heterocycles. The molecule has 1 aromatic rings. The molecular weight excluding hydrogens is 268 g/mol. The van der Waals surface area contributed by atoms with Crippen LogP contribution in [-0.4, -0.2) is 13.2 Å². The van der Waals surface area contributed by atoms with E-state index in [0.29, 0.717) is 11.8 Å². The first-order chi connectivity index (χ1) is 10.7. The molecule has 1 heteroatoms. The third-order valence-corrected chi connectivity index (χ3v) is 4.08. The molecule has 0 heterocycles. The summed E-state index contributed by atoms with van der Waals surface area (Å²) in [5.74, 6) is 0.960. The summed E-state index contributed by atoms with van der Waals surface area (Å²) >= 11 is 0. The Labute approximate surface area is 137 Å². The van der Waals surface area contributed by atoms with Crippen molar-refractivity contribution in [3.8, 4) is 0 Å². The normalized spacial score (nSPS) is 14.4. The van der Waals surface area contributed by atoms with Crippen LogP contribution < -0.4 is 0 Å². The fourth-order valence-electron chi connectivity index (χ4n) is 2.41. The molecule has 1 aromatic carbocycles. The minimum Gasteiger partial charge on any atom is -0.381 e. The number of unbranched alkanes of at least 4 members (excludes halogenated alkanes) is 2. The second kappa shape index (κ2) is 11.5. The Hall–Kier alpha value is -1.08. The van der Waals surface area contributed by atoms with Crippen molar-refractivity contribution in [2.24, 2.45) is 5.92 Å². The molecule has 0 saturated carbocycles. The molecule has 0 aliphatic heterocycles. The first kappa shape index (κ1) is 19.0. The van der Waals surface area contributed by atoms with Crippen molar-refractivity contribution in [1.29, 1.82) is 0 Å². The zero-order valence-corrected chi connectivity index (χ0v) is 15.0. The summed E-state index contributed by atoms with van der Waals surface area (Å²) in [5.41, 5.74) is 2.86. The van der Waals surface area contributed by atoms with E-state index in [9.17, 15) is 0 Å². The fraction of sp³-hybridized carbons (Fsp3) is 0.619. The van der Waals surface area contributed by atoms with Gasteiger partial charge in [0.05, 0.1) is 6.61 Å². The summed E-state index contributed by atoms with van der Waals surface area (Å²) in [6.45, 7) is 10.7. The summed E-state index contributed by atoms with van der Waals surface area (Å²) in [7, 11) is 0. The van der Waals surface area contributed by atoms with Gasteiger partial charge in [-0.2, -0.15) is 0 Å². The van der Waals surface area contributed by atoms with Gasteiger partial charge in [0.25, 0.3) is 0 Å². The van der Waals surface area contributed by atoms with Crippen LogP contribution >= 0.6 is 0 Å². The third-order valence-electron chi connectivity index (χ3n) is 4.08.